The second-order valence-electron chi connectivity index (χ2n) is 2.42. The highest BCUT2D eigenvalue weighted by atomic mass is 32.2. The van der Waals surface area contributed by atoms with Gasteiger partial charge in [0.05, 0.1) is 0 Å². The van der Waals surface area contributed by atoms with E-state index in [1.165, 1.54) is 12.8 Å². The SMILES string of the molecule is CSC1=CCC(C)C1. The highest BCUT2D eigenvalue weighted by molar-refractivity contribution is 8.02. The van der Waals surface area contributed by atoms with E-state index in [0.29, 0.717) is 0 Å². The topological polar surface area (TPSA) is 0 Å². The van der Waals surface area contributed by atoms with Gasteiger partial charge in [-0.1, -0.05) is 13.0 Å². The van der Waals surface area contributed by atoms with Crippen molar-refractivity contribution in [3.05, 3.63) is 11.0 Å². The van der Waals surface area contributed by atoms with Gasteiger partial charge in [-0.05, 0) is 29.9 Å². The third-order valence-corrected chi connectivity index (χ3v) is 2.42. The lowest BCUT2D eigenvalue weighted by molar-refractivity contribution is 0.635. The van der Waals surface area contributed by atoms with E-state index in [1.54, 1.807) is 4.91 Å². The van der Waals surface area contributed by atoms with Crippen LogP contribution in [0.25, 0.3) is 0 Å². The molecule has 0 bridgehead atoms. The van der Waals surface area contributed by atoms with Crippen molar-refractivity contribution in [1.29, 1.82) is 0 Å². The van der Waals surface area contributed by atoms with Crippen LogP contribution < -0.4 is 0 Å². The first-order valence-electron chi connectivity index (χ1n) is 3.06. The maximum absolute atomic E-state index is 2.36. The molecule has 46 valence electrons. The molecule has 0 nitrogen and oxygen atoms in total. The Labute approximate surface area is 55.4 Å². The van der Waals surface area contributed by atoms with E-state index in [1.807, 2.05) is 11.8 Å². The minimum Gasteiger partial charge on any atom is -0.134 e. The van der Waals surface area contributed by atoms with Gasteiger partial charge >= 0.3 is 0 Å². The smallest absolute Gasteiger partial charge is 0.0140 e. The van der Waals surface area contributed by atoms with Gasteiger partial charge in [0.1, 0.15) is 0 Å². The Balaban J connectivity index is 2.37. The van der Waals surface area contributed by atoms with Gasteiger partial charge in [0.25, 0.3) is 0 Å². The van der Waals surface area contributed by atoms with Crippen LogP contribution in [0.3, 0.4) is 0 Å². The maximum Gasteiger partial charge on any atom is -0.0140 e. The molecule has 0 saturated heterocycles. The van der Waals surface area contributed by atoms with Crippen LogP contribution in [0, 0.1) is 5.92 Å². The zero-order valence-electron chi connectivity index (χ0n) is 5.48. The number of hydrogen-bond acceptors (Lipinski definition) is 1. The van der Waals surface area contributed by atoms with E-state index in [9.17, 15) is 0 Å². The van der Waals surface area contributed by atoms with E-state index in [0.717, 1.165) is 5.92 Å². The zero-order valence-corrected chi connectivity index (χ0v) is 6.29. The molecule has 1 atom stereocenters. The molecule has 0 spiro atoms. The van der Waals surface area contributed by atoms with Crippen LogP contribution in [-0.4, -0.2) is 6.26 Å². The third-order valence-electron chi connectivity index (χ3n) is 1.56. The summed E-state index contributed by atoms with van der Waals surface area (Å²) in [5, 5.41) is 0. The van der Waals surface area contributed by atoms with Crippen molar-refractivity contribution in [2.45, 2.75) is 19.8 Å². The molecular weight excluding hydrogens is 116 g/mol. The predicted molar refractivity (Wildman–Crippen MR) is 40.0 cm³/mol. The molecule has 8 heavy (non-hydrogen) atoms. The highest BCUT2D eigenvalue weighted by Gasteiger charge is 2.09. The molecule has 0 aromatic heterocycles. The summed E-state index contributed by atoms with van der Waals surface area (Å²) in [5.41, 5.74) is 0. The third kappa shape index (κ3) is 1.28. The van der Waals surface area contributed by atoms with E-state index < -0.39 is 0 Å². The van der Waals surface area contributed by atoms with Crippen molar-refractivity contribution in [2.75, 3.05) is 6.26 Å². The lowest BCUT2D eigenvalue weighted by Gasteiger charge is -1.97. The predicted octanol–water partition coefficient (Wildman–Crippen LogP) is 2.66. The van der Waals surface area contributed by atoms with Crippen LogP contribution >= 0.6 is 11.8 Å². The number of hydrogen-bond donors (Lipinski definition) is 0. The molecule has 0 aromatic rings. The lowest BCUT2D eigenvalue weighted by atomic mass is 10.1. The first kappa shape index (κ1) is 6.21. The van der Waals surface area contributed by atoms with Crippen molar-refractivity contribution in [3.63, 3.8) is 0 Å². The van der Waals surface area contributed by atoms with Gasteiger partial charge in [0.15, 0.2) is 0 Å². The summed E-state index contributed by atoms with van der Waals surface area (Å²) in [5.74, 6) is 0.914. The maximum atomic E-state index is 2.36. The Morgan fingerprint density at radius 1 is 1.75 bits per heavy atom. The molecule has 0 aliphatic heterocycles. The summed E-state index contributed by atoms with van der Waals surface area (Å²) in [6, 6.07) is 0. The molecule has 1 aliphatic carbocycles. The Kier molecular flexibility index (Phi) is 2.01. The summed E-state index contributed by atoms with van der Waals surface area (Å²) in [6.45, 7) is 2.31. The zero-order chi connectivity index (χ0) is 5.98. The van der Waals surface area contributed by atoms with Crippen LogP contribution in [0.1, 0.15) is 19.8 Å². The van der Waals surface area contributed by atoms with Gasteiger partial charge in [-0.2, -0.15) is 0 Å². The van der Waals surface area contributed by atoms with E-state index in [2.05, 4.69) is 19.3 Å². The van der Waals surface area contributed by atoms with Crippen LogP contribution in [0.2, 0.25) is 0 Å². The molecule has 1 rings (SSSR count). The summed E-state index contributed by atoms with van der Waals surface area (Å²) < 4.78 is 0. The Hall–Kier alpha value is 0.0900. The van der Waals surface area contributed by atoms with Crippen molar-refractivity contribution >= 4 is 11.8 Å². The van der Waals surface area contributed by atoms with Crippen LogP contribution in [0.4, 0.5) is 0 Å². The van der Waals surface area contributed by atoms with Gasteiger partial charge < -0.3 is 0 Å². The average Bonchev–Trinajstić information content (AvgIpc) is 2.14. The number of allylic oxidation sites excluding steroid dienone is 2. The Morgan fingerprint density at radius 2 is 2.50 bits per heavy atom. The summed E-state index contributed by atoms with van der Waals surface area (Å²) >= 11 is 1.90. The van der Waals surface area contributed by atoms with Crippen LogP contribution in [0.15, 0.2) is 11.0 Å². The molecule has 1 unspecified atom stereocenters. The van der Waals surface area contributed by atoms with Crippen LogP contribution in [0.5, 0.6) is 0 Å². The lowest BCUT2D eigenvalue weighted by Crippen LogP contribution is -1.82. The number of thioether (sulfide) groups is 1. The normalized spacial score (nSPS) is 28.2. The minimum absolute atomic E-state index is 0.914. The van der Waals surface area contributed by atoms with E-state index >= 15 is 0 Å². The second kappa shape index (κ2) is 2.58. The molecule has 1 heteroatoms. The largest absolute Gasteiger partial charge is 0.134 e. The van der Waals surface area contributed by atoms with Crippen molar-refractivity contribution < 1.29 is 0 Å². The standard InChI is InChI=1S/C7H12S/c1-6-3-4-7(5-6)8-2/h4,6H,3,5H2,1-2H3. The molecule has 0 heterocycles. The fourth-order valence-corrected chi connectivity index (χ4v) is 1.72. The molecule has 0 aromatic carbocycles. The molecule has 0 radical (unpaired) electrons. The van der Waals surface area contributed by atoms with Crippen molar-refractivity contribution in [2.24, 2.45) is 5.92 Å². The second-order valence-corrected chi connectivity index (χ2v) is 3.35. The minimum atomic E-state index is 0.914. The quantitative estimate of drug-likeness (QED) is 0.523. The van der Waals surface area contributed by atoms with Crippen LogP contribution in [-0.2, 0) is 0 Å². The van der Waals surface area contributed by atoms with Crippen molar-refractivity contribution in [1.82, 2.24) is 0 Å². The fourth-order valence-electron chi connectivity index (χ4n) is 1.01. The van der Waals surface area contributed by atoms with Gasteiger partial charge in [-0.25, -0.2) is 0 Å². The summed E-state index contributed by atoms with van der Waals surface area (Å²) in [6.07, 6.45) is 7.14. The van der Waals surface area contributed by atoms with Gasteiger partial charge in [-0.15, -0.1) is 11.8 Å². The Morgan fingerprint density at radius 3 is 2.75 bits per heavy atom. The first-order chi connectivity index (χ1) is 3.83. The van der Waals surface area contributed by atoms with E-state index in [-0.39, 0.29) is 0 Å². The highest BCUT2D eigenvalue weighted by Crippen LogP contribution is 2.30. The van der Waals surface area contributed by atoms with Gasteiger partial charge in [0, 0.05) is 0 Å². The molecule has 0 amide bonds. The van der Waals surface area contributed by atoms with Gasteiger partial charge in [0.2, 0.25) is 0 Å². The average molecular weight is 128 g/mol. The Bertz CT molecular complexity index is 105. The van der Waals surface area contributed by atoms with Crippen molar-refractivity contribution in [3.8, 4) is 0 Å². The molecular formula is C7H12S. The fraction of sp³-hybridized carbons (Fsp3) is 0.714. The first-order valence-corrected chi connectivity index (χ1v) is 4.28. The number of rotatable bonds is 1. The van der Waals surface area contributed by atoms with E-state index in [4.69, 9.17) is 0 Å². The molecule has 1 aliphatic rings. The molecule has 0 saturated carbocycles. The summed E-state index contributed by atoms with van der Waals surface area (Å²) in [4.78, 5) is 1.58. The monoisotopic (exact) mass is 128 g/mol. The molecule has 0 N–H and O–H groups in total. The van der Waals surface area contributed by atoms with Gasteiger partial charge in [-0.3, -0.25) is 0 Å². The molecule has 0 fully saturated rings. The summed E-state index contributed by atoms with van der Waals surface area (Å²) in [7, 11) is 0.